The van der Waals surface area contributed by atoms with Gasteiger partial charge in [0.15, 0.2) is 0 Å². The minimum Gasteiger partial charge on any atom is -0.327 e. The molecule has 1 rings (SSSR count). The minimum absolute atomic E-state index is 0.431. The predicted molar refractivity (Wildman–Crippen MR) is 34.5 cm³/mol. The van der Waals surface area contributed by atoms with Gasteiger partial charge in [0.2, 0.25) is 0 Å². The molecule has 2 N–H and O–H groups in total. The van der Waals surface area contributed by atoms with E-state index < -0.39 is 0 Å². The molecular formula is C5H10BrN. The first-order valence-corrected chi connectivity index (χ1v) is 3.62. The average molecular weight is 164 g/mol. The number of rotatable bonds is 0. The molecule has 1 saturated carbocycles. The van der Waals surface area contributed by atoms with Crippen LogP contribution in [0.3, 0.4) is 0 Å². The molecule has 7 heavy (non-hydrogen) atoms. The molecule has 0 unspecified atom stereocenters. The number of alkyl halides is 1. The first-order valence-electron chi connectivity index (χ1n) is 2.70. The van der Waals surface area contributed by atoms with Crippen LogP contribution in [0.1, 0.15) is 19.3 Å². The van der Waals surface area contributed by atoms with Crippen LogP contribution in [-0.4, -0.2) is 10.9 Å². The summed E-state index contributed by atoms with van der Waals surface area (Å²) in [4.78, 5) is 0.604. The lowest BCUT2D eigenvalue weighted by Crippen LogP contribution is -2.23. The fourth-order valence-electron chi connectivity index (χ4n) is 0.943. The Balaban J connectivity index is 2.33. The van der Waals surface area contributed by atoms with Gasteiger partial charge in [-0.1, -0.05) is 22.4 Å². The summed E-state index contributed by atoms with van der Waals surface area (Å²) in [5.41, 5.74) is 5.63. The maximum Gasteiger partial charge on any atom is 0.0297 e. The van der Waals surface area contributed by atoms with Crippen LogP contribution < -0.4 is 5.73 Å². The number of hydrogen-bond acceptors (Lipinski definition) is 1. The van der Waals surface area contributed by atoms with Crippen molar-refractivity contribution in [2.75, 3.05) is 0 Å². The fraction of sp³-hybridized carbons (Fsp3) is 1.00. The van der Waals surface area contributed by atoms with Crippen molar-refractivity contribution in [3.05, 3.63) is 0 Å². The summed E-state index contributed by atoms with van der Waals surface area (Å²) in [6, 6.07) is 0.431. The first kappa shape index (κ1) is 5.57. The van der Waals surface area contributed by atoms with Crippen LogP contribution in [0.5, 0.6) is 0 Å². The van der Waals surface area contributed by atoms with E-state index in [4.69, 9.17) is 5.73 Å². The Kier molecular flexibility index (Phi) is 1.70. The number of hydrogen-bond donors (Lipinski definition) is 1. The number of halogens is 1. The zero-order chi connectivity index (χ0) is 5.28. The van der Waals surface area contributed by atoms with E-state index >= 15 is 0 Å². The van der Waals surface area contributed by atoms with Gasteiger partial charge in [0.1, 0.15) is 0 Å². The van der Waals surface area contributed by atoms with E-state index in [1.165, 1.54) is 19.3 Å². The summed E-state index contributed by atoms with van der Waals surface area (Å²) in [6.07, 6.45) is 3.77. The highest BCUT2D eigenvalue weighted by molar-refractivity contribution is 9.09. The third-order valence-electron chi connectivity index (χ3n) is 1.48. The largest absolute Gasteiger partial charge is 0.327 e. The minimum atomic E-state index is 0.431. The van der Waals surface area contributed by atoms with Crippen molar-refractivity contribution in [1.29, 1.82) is 0 Å². The smallest absolute Gasteiger partial charge is 0.0297 e. The Morgan fingerprint density at radius 2 is 2.14 bits per heavy atom. The highest BCUT2D eigenvalue weighted by Crippen LogP contribution is 2.23. The van der Waals surface area contributed by atoms with Crippen molar-refractivity contribution in [3.63, 3.8) is 0 Å². The molecule has 2 atom stereocenters. The van der Waals surface area contributed by atoms with Gasteiger partial charge in [0.05, 0.1) is 0 Å². The molecule has 0 amide bonds. The van der Waals surface area contributed by atoms with E-state index in [-0.39, 0.29) is 0 Å². The summed E-state index contributed by atoms with van der Waals surface area (Å²) in [6.45, 7) is 0. The molecule has 0 radical (unpaired) electrons. The first-order chi connectivity index (χ1) is 3.30. The Bertz CT molecular complexity index is 57.1. The molecule has 2 heteroatoms. The Morgan fingerprint density at radius 1 is 1.43 bits per heavy atom. The molecule has 1 aliphatic carbocycles. The maximum absolute atomic E-state index is 5.63. The summed E-state index contributed by atoms with van der Waals surface area (Å²) < 4.78 is 0. The van der Waals surface area contributed by atoms with Crippen molar-refractivity contribution >= 4 is 15.9 Å². The average Bonchev–Trinajstić information content (AvgIpc) is 1.91. The van der Waals surface area contributed by atoms with Gasteiger partial charge in [0.25, 0.3) is 0 Å². The quantitative estimate of drug-likeness (QED) is 0.536. The van der Waals surface area contributed by atoms with Gasteiger partial charge in [0, 0.05) is 10.9 Å². The van der Waals surface area contributed by atoms with Crippen LogP contribution in [0.4, 0.5) is 0 Å². The van der Waals surface area contributed by atoms with Gasteiger partial charge >= 0.3 is 0 Å². The van der Waals surface area contributed by atoms with Crippen molar-refractivity contribution in [1.82, 2.24) is 0 Å². The van der Waals surface area contributed by atoms with Crippen LogP contribution >= 0.6 is 15.9 Å². The third-order valence-corrected chi connectivity index (χ3v) is 2.62. The lowest BCUT2D eigenvalue weighted by Gasteiger charge is -2.03. The SMILES string of the molecule is N[C@H]1CCC[C@@H]1Br. The highest BCUT2D eigenvalue weighted by Gasteiger charge is 2.19. The van der Waals surface area contributed by atoms with Crippen LogP contribution in [0.25, 0.3) is 0 Å². The summed E-state index contributed by atoms with van der Waals surface area (Å²) in [5, 5.41) is 0. The zero-order valence-corrected chi connectivity index (χ0v) is 5.82. The molecule has 1 nitrogen and oxygen atoms in total. The summed E-state index contributed by atoms with van der Waals surface area (Å²) >= 11 is 3.48. The molecule has 0 aliphatic heterocycles. The second-order valence-corrected chi connectivity index (χ2v) is 3.29. The molecule has 1 fully saturated rings. The Hall–Kier alpha value is 0.440. The molecule has 42 valence electrons. The van der Waals surface area contributed by atoms with Crippen LogP contribution in [-0.2, 0) is 0 Å². The van der Waals surface area contributed by atoms with E-state index in [2.05, 4.69) is 15.9 Å². The molecule has 0 aromatic heterocycles. The molecule has 0 saturated heterocycles. The van der Waals surface area contributed by atoms with Crippen molar-refractivity contribution in [2.24, 2.45) is 5.73 Å². The number of nitrogens with two attached hydrogens (primary N) is 1. The summed E-state index contributed by atoms with van der Waals surface area (Å²) in [7, 11) is 0. The van der Waals surface area contributed by atoms with Crippen LogP contribution in [0.2, 0.25) is 0 Å². The van der Waals surface area contributed by atoms with Gasteiger partial charge in [-0.05, 0) is 12.8 Å². The van der Waals surface area contributed by atoms with E-state index in [0.29, 0.717) is 10.9 Å². The van der Waals surface area contributed by atoms with Gasteiger partial charge < -0.3 is 5.73 Å². The van der Waals surface area contributed by atoms with Crippen LogP contribution in [0, 0.1) is 0 Å². The van der Waals surface area contributed by atoms with Crippen LogP contribution in [0.15, 0.2) is 0 Å². The lowest BCUT2D eigenvalue weighted by atomic mass is 10.3. The van der Waals surface area contributed by atoms with Gasteiger partial charge in [-0.2, -0.15) is 0 Å². The Morgan fingerprint density at radius 3 is 2.29 bits per heavy atom. The molecular weight excluding hydrogens is 154 g/mol. The fourth-order valence-corrected chi connectivity index (χ4v) is 1.53. The second-order valence-electron chi connectivity index (χ2n) is 2.11. The van der Waals surface area contributed by atoms with Gasteiger partial charge in [-0.3, -0.25) is 0 Å². The normalized spacial score (nSPS) is 42.0. The second kappa shape index (κ2) is 2.14. The van der Waals surface area contributed by atoms with E-state index in [1.54, 1.807) is 0 Å². The predicted octanol–water partition coefficient (Wildman–Crippen LogP) is 1.26. The Labute approximate surface area is 52.4 Å². The lowest BCUT2D eigenvalue weighted by molar-refractivity contribution is 0.722. The highest BCUT2D eigenvalue weighted by atomic mass is 79.9. The molecule has 0 heterocycles. The molecule has 1 aliphatic rings. The summed E-state index contributed by atoms with van der Waals surface area (Å²) in [5.74, 6) is 0. The monoisotopic (exact) mass is 163 g/mol. The molecule has 0 aromatic rings. The topological polar surface area (TPSA) is 26.0 Å². The standard InChI is InChI=1S/C5H10BrN/c6-4-2-1-3-5(4)7/h4-5H,1-3,7H2/t4-,5-/m0/s1. The van der Waals surface area contributed by atoms with E-state index in [9.17, 15) is 0 Å². The molecule has 0 spiro atoms. The maximum atomic E-state index is 5.63. The van der Waals surface area contributed by atoms with Crippen molar-refractivity contribution in [2.45, 2.75) is 30.1 Å². The van der Waals surface area contributed by atoms with E-state index in [1.807, 2.05) is 0 Å². The van der Waals surface area contributed by atoms with Gasteiger partial charge in [-0.25, -0.2) is 0 Å². The van der Waals surface area contributed by atoms with E-state index in [0.717, 1.165) is 0 Å². The zero-order valence-electron chi connectivity index (χ0n) is 4.23. The molecule has 0 bridgehead atoms. The third kappa shape index (κ3) is 1.16. The van der Waals surface area contributed by atoms with Crippen molar-refractivity contribution in [3.8, 4) is 0 Å². The van der Waals surface area contributed by atoms with Crippen molar-refractivity contribution < 1.29 is 0 Å². The molecule has 0 aromatic carbocycles. The van der Waals surface area contributed by atoms with Gasteiger partial charge in [-0.15, -0.1) is 0 Å².